The van der Waals surface area contributed by atoms with Crippen molar-refractivity contribution in [1.82, 2.24) is 10.2 Å². The van der Waals surface area contributed by atoms with E-state index in [0.717, 1.165) is 30.5 Å². The Hall–Kier alpha value is 1.62. The Bertz CT molecular complexity index is 613. The third kappa shape index (κ3) is 5.04. The fourth-order valence-corrected chi connectivity index (χ4v) is 3.46. The summed E-state index contributed by atoms with van der Waals surface area (Å²) in [6, 6.07) is 2.22. The molecule has 3 rings (SSSR count). The molecule has 2 aromatic rings. The van der Waals surface area contributed by atoms with E-state index >= 15 is 0 Å². The van der Waals surface area contributed by atoms with Crippen molar-refractivity contribution in [2.24, 2.45) is 0 Å². The second kappa shape index (κ2) is 10.5. The van der Waals surface area contributed by atoms with Crippen molar-refractivity contribution in [2.45, 2.75) is 26.2 Å². The molecule has 0 saturated carbocycles. The molecule has 1 aliphatic rings. The van der Waals surface area contributed by atoms with E-state index in [1.54, 1.807) is 11.3 Å². The summed E-state index contributed by atoms with van der Waals surface area (Å²) in [6.45, 7) is 5.54. The summed E-state index contributed by atoms with van der Waals surface area (Å²) in [5.74, 6) is -0.226. The number of hydrogen-bond donors (Lipinski definition) is 0. The molecule has 0 spiro atoms. The summed E-state index contributed by atoms with van der Waals surface area (Å²) in [6.07, 6.45) is 2.98. The number of fused-ring (bicyclic) bond motifs is 3. The molecule has 0 bridgehead atoms. The molecule has 0 aromatic carbocycles. The maximum atomic E-state index is 11.4. The average molecular weight is 885 g/mol. The van der Waals surface area contributed by atoms with Crippen LogP contribution in [-0.2, 0) is 109 Å². The normalized spacial score (nSPS) is 11.3. The fraction of sp³-hybridized carbons (Fsp3) is 0.308. The number of Topliss-reactive ketones (excluding diaryl/α,β-unsaturated/α-hetero) is 1. The summed E-state index contributed by atoms with van der Waals surface area (Å²) in [4.78, 5) is 13.9. The van der Waals surface area contributed by atoms with Gasteiger partial charge in [-0.2, -0.15) is 6.92 Å². The first-order valence-electron chi connectivity index (χ1n) is 5.65. The van der Waals surface area contributed by atoms with Crippen molar-refractivity contribution >= 4 is 17.1 Å². The van der Waals surface area contributed by atoms with E-state index in [0.29, 0.717) is 5.69 Å². The maximum Gasteiger partial charge on any atom is 0.0375 e. The zero-order valence-electron chi connectivity index (χ0n) is 11.4. The first-order valence-corrected chi connectivity index (χ1v) is 6.46. The van der Waals surface area contributed by atoms with Crippen LogP contribution in [0.5, 0.6) is 0 Å². The van der Waals surface area contributed by atoms with E-state index in [-0.39, 0.29) is 102 Å². The van der Waals surface area contributed by atoms with Crippen LogP contribution in [0.15, 0.2) is 6.07 Å². The smallest absolute Gasteiger partial charge is 0.0375 e. The van der Waals surface area contributed by atoms with Gasteiger partial charge < -0.3 is 15.0 Å². The van der Waals surface area contributed by atoms with E-state index in [1.807, 2.05) is 0 Å². The van der Waals surface area contributed by atoms with Gasteiger partial charge >= 0.3 is 0 Å². The Morgan fingerprint density at radius 3 is 2.62 bits per heavy atom. The Morgan fingerprint density at radius 1 is 1.33 bits per heavy atom. The summed E-state index contributed by atoms with van der Waals surface area (Å²) in [5, 5.41) is 8.18. The van der Waals surface area contributed by atoms with Gasteiger partial charge in [0, 0.05) is 111 Å². The first kappa shape index (κ1) is 24.9. The fourth-order valence-electron chi connectivity index (χ4n) is 2.38. The zero-order chi connectivity index (χ0) is 12.0. The van der Waals surface area contributed by atoms with Gasteiger partial charge in [-0.3, -0.25) is 0 Å². The second-order valence-electron chi connectivity index (χ2n) is 4.36. The molecule has 21 heavy (non-hydrogen) atoms. The van der Waals surface area contributed by atoms with Gasteiger partial charge in [0.05, 0.1) is 0 Å². The number of carbonyl (C=O) groups is 1. The van der Waals surface area contributed by atoms with Crippen molar-refractivity contribution in [2.75, 3.05) is 0 Å². The summed E-state index contributed by atoms with van der Waals surface area (Å²) >= 11 is 1.74. The van der Waals surface area contributed by atoms with Crippen molar-refractivity contribution < 1.29 is 101 Å². The van der Waals surface area contributed by atoms with Gasteiger partial charge in [-0.05, 0) is 37.8 Å². The van der Waals surface area contributed by atoms with Crippen molar-refractivity contribution in [3.63, 3.8) is 0 Å². The molecule has 0 fully saturated rings. The molecule has 2 heterocycles. The Balaban J connectivity index is 0. The maximum absolute atomic E-state index is 11.4. The number of rotatable bonds is 1. The molecule has 0 unspecified atom stereocenters. The average Bonchev–Trinajstić information content (AvgIpc) is 2.79. The number of thiophene rings is 1. The minimum absolute atomic E-state index is 0. The van der Waals surface area contributed by atoms with Crippen LogP contribution in [0, 0.1) is 13.8 Å². The van der Waals surface area contributed by atoms with Crippen molar-refractivity contribution in [3.05, 3.63) is 34.7 Å². The molecule has 0 amide bonds. The van der Waals surface area contributed by atoms with Crippen molar-refractivity contribution in [1.29, 1.82) is 0 Å². The van der Waals surface area contributed by atoms with E-state index in [4.69, 9.17) is 0 Å². The molecule has 3 nitrogen and oxygen atoms in total. The topological polar surface area (TPSA) is 44.1 Å². The Kier molecular flexibility index (Phi) is 12.4. The quantitative estimate of drug-likeness (QED) is 0.328. The van der Waals surface area contributed by atoms with Crippen LogP contribution in [0.4, 0.5) is 0 Å². The minimum atomic E-state index is -0.226. The third-order valence-electron chi connectivity index (χ3n) is 3.11. The van der Waals surface area contributed by atoms with E-state index < -0.39 is 0 Å². The predicted molar refractivity (Wildman–Crippen MR) is 67.3 cm³/mol. The Morgan fingerprint density at radius 2 is 2.00 bits per heavy atom. The summed E-state index contributed by atoms with van der Waals surface area (Å²) in [7, 11) is 0. The molecular formula is C13H12N2OSW3Y-2. The largest absolute Gasteiger partial charge is 0.594 e. The van der Waals surface area contributed by atoms with Gasteiger partial charge in [0.2, 0.25) is 0 Å². The molecule has 2 aromatic heterocycles. The second-order valence-corrected chi connectivity index (χ2v) is 5.62. The minimum Gasteiger partial charge on any atom is -0.594 e. The molecule has 109 valence electrons. The van der Waals surface area contributed by atoms with Gasteiger partial charge in [-0.15, -0.1) is 22.6 Å². The number of hydrogen-bond acceptors (Lipinski definition) is 3. The van der Waals surface area contributed by atoms with E-state index in [2.05, 4.69) is 30.1 Å². The van der Waals surface area contributed by atoms with Gasteiger partial charge in [-0.1, -0.05) is 5.69 Å². The summed E-state index contributed by atoms with van der Waals surface area (Å²) in [5.41, 5.74) is 3.70. The van der Waals surface area contributed by atoms with E-state index in [1.165, 1.54) is 15.3 Å². The SMILES string of the molecule is [CH2-]C(=O)c1n[n-]c2c1CCCc1cc(C)sc1-2.[W].[W].[W].[Y]. The molecule has 0 saturated heterocycles. The molecule has 1 radical (unpaired) electrons. The predicted octanol–water partition coefficient (Wildman–Crippen LogP) is 2.57. The van der Waals surface area contributed by atoms with Crippen LogP contribution in [0.1, 0.15) is 32.9 Å². The third-order valence-corrected chi connectivity index (χ3v) is 4.21. The van der Waals surface area contributed by atoms with Crippen LogP contribution in [-0.4, -0.2) is 10.9 Å². The monoisotopic (exact) mass is 885 g/mol. The Labute approximate surface area is 196 Å². The van der Waals surface area contributed by atoms with Gasteiger partial charge in [-0.25, -0.2) is 0 Å². The summed E-state index contributed by atoms with van der Waals surface area (Å²) < 4.78 is 0. The van der Waals surface area contributed by atoms with Gasteiger partial charge in [0.15, 0.2) is 0 Å². The molecule has 0 N–H and O–H groups in total. The van der Waals surface area contributed by atoms with Crippen LogP contribution in [0.25, 0.3) is 10.6 Å². The van der Waals surface area contributed by atoms with Gasteiger partial charge in [0.1, 0.15) is 0 Å². The van der Waals surface area contributed by atoms with Crippen LogP contribution < -0.4 is 5.10 Å². The number of ketones is 1. The first-order chi connectivity index (χ1) is 8.16. The van der Waals surface area contributed by atoms with Crippen LogP contribution in [0.3, 0.4) is 0 Å². The zero-order valence-corrected chi connectivity index (χ0v) is 23.9. The number of carbonyl (C=O) groups excluding carboxylic acids is 1. The van der Waals surface area contributed by atoms with Crippen LogP contribution in [0.2, 0.25) is 0 Å². The molecule has 8 heteroatoms. The number of nitrogens with zero attached hydrogens (tertiary/aromatic N) is 2. The number of aryl methyl sites for hydroxylation is 2. The molecule has 0 aliphatic heterocycles. The molecule has 0 atom stereocenters. The number of aromatic nitrogens is 2. The van der Waals surface area contributed by atoms with Crippen molar-refractivity contribution in [3.8, 4) is 10.6 Å². The van der Waals surface area contributed by atoms with Gasteiger partial charge in [0.25, 0.3) is 0 Å². The molecular weight excluding hydrogens is 873 g/mol. The van der Waals surface area contributed by atoms with Crippen LogP contribution >= 0.6 is 11.3 Å². The van der Waals surface area contributed by atoms with E-state index in [9.17, 15) is 4.79 Å². The molecule has 1 aliphatic carbocycles. The standard InChI is InChI=1S/C13H13N2OS.3W.Y/c1-7-6-9-4-3-5-10-11(8(2)16)14-15-12(10)13(9)17-7;;;;/h6H,2-5H2,1H3,(H,14,15,16);;;;/q-1;;;;/p-1.